The zero-order valence-corrected chi connectivity index (χ0v) is 8.08. The fraction of sp³-hybridized carbons (Fsp3) is 0.125. The van der Waals surface area contributed by atoms with Crippen LogP contribution in [0.5, 0.6) is 0 Å². The minimum absolute atomic E-state index is 0.00546. The molecule has 5 nitrogen and oxygen atoms in total. The summed E-state index contributed by atoms with van der Waals surface area (Å²) in [7, 11) is 1.60. The molecule has 0 aliphatic heterocycles. The van der Waals surface area contributed by atoms with Crippen molar-refractivity contribution in [3.8, 4) is 0 Å². The van der Waals surface area contributed by atoms with Gasteiger partial charge >= 0.3 is 4.87 Å². The van der Waals surface area contributed by atoms with Crippen LogP contribution in [0.1, 0.15) is 0 Å². The lowest BCUT2D eigenvalue weighted by atomic mass is 10.3. The maximum atomic E-state index is 11.2. The van der Waals surface area contributed by atoms with Crippen molar-refractivity contribution in [1.29, 1.82) is 0 Å². The lowest BCUT2D eigenvalue weighted by molar-refractivity contribution is -0.384. The predicted octanol–water partition coefficient (Wildman–Crippen LogP) is 1.51. The van der Waals surface area contributed by atoms with Crippen LogP contribution >= 0.6 is 11.3 Å². The van der Waals surface area contributed by atoms with E-state index in [1.807, 2.05) is 0 Å². The van der Waals surface area contributed by atoms with E-state index in [0.29, 0.717) is 5.52 Å². The van der Waals surface area contributed by atoms with E-state index in [-0.39, 0.29) is 10.6 Å². The van der Waals surface area contributed by atoms with Gasteiger partial charge in [-0.05, 0) is 6.07 Å². The van der Waals surface area contributed by atoms with Gasteiger partial charge in [-0.25, -0.2) is 0 Å². The Morgan fingerprint density at radius 2 is 2.21 bits per heavy atom. The number of nitro benzene ring substituents is 1. The minimum atomic E-state index is -0.471. The first-order valence-corrected chi connectivity index (χ1v) is 4.65. The van der Waals surface area contributed by atoms with Crippen molar-refractivity contribution in [3.05, 3.63) is 38.0 Å². The molecule has 0 aliphatic rings. The Balaban J connectivity index is 2.82. The molecule has 14 heavy (non-hydrogen) atoms. The van der Waals surface area contributed by atoms with E-state index < -0.39 is 4.92 Å². The highest BCUT2D eigenvalue weighted by atomic mass is 32.1. The Morgan fingerprint density at radius 1 is 1.50 bits per heavy atom. The summed E-state index contributed by atoms with van der Waals surface area (Å²) in [6, 6.07) is 4.41. The zero-order chi connectivity index (χ0) is 10.3. The molecule has 1 aromatic heterocycles. The number of nitrogens with zero attached hydrogens (tertiary/aromatic N) is 2. The molecule has 2 aromatic rings. The Morgan fingerprint density at radius 3 is 2.86 bits per heavy atom. The number of thiazole rings is 1. The van der Waals surface area contributed by atoms with Crippen LogP contribution in [0.4, 0.5) is 5.69 Å². The largest absolute Gasteiger partial charge is 0.307 e. The number of benzene rings is 1. The molecule has 0 fully saturated rings. The van der Waals surface area contributed by atoms with Gasteiger partial charge in [-0.15, -0.1) is 0 Å². The van der Waals surface area contributed by atoms with E-state index in [4.69, 9.17) is 0 Å². The summed E-state index contributed by atoms with van der Waals surface area (Å²) in [5.74, 6) is 0. The summed E-state index contributed by atoms with van der Waals surface area (Å²) in [5.41, 5.74) is 0.611. The number of aryl methyl sites for hydroxylation is 1. The van der Waals surface area contributed by atoms with E-state index in [9.17, 15) is 14.9 Å². The van der Waals surface area contributed by atoms with Crippen LogP contribution in [0.25, 0.3) is 10.2 Å². The van der Waals surface area contributed by atoms with Gasteiger partial charge in [-0.3, -0.25) is 14.9 Å². The molecule has 0 atom stereocenters. The Kier molecular flexibility index (Phi) is 1.85. The average Bonchev–Trinajstić information content (AvgIpc) is 2.43. The van der Waals surface area contributed by atoms with Crippen molar-refractivity contribution in [3.63, 3.8) is 0 Å². The summed E-state index contributed by atoms with van der Waals surface area (Å²) in [6.07, 6.45) is 0. The molecule has 2 rings (SSSR count). The standard InChI is InChI=1S/C8H6N2O3S/c1-9-6-4-5(10(12)13)2-3-7(6)14-8(9)11/h2-4H,1H3. The molecular weight excluding hydrogens is 204 g/mol. The minimum Gasteiger partial charge on any atom is -0.301 e. The number of fused-ring (bicyclic) bond motifs is 1. The van der Waals surface area contributed by atoms with Gasteiger partial charge in [-0.1, -0.05) is 11.3 Å². The van der Waals surface area contributed by atoms with E-state index in [1.165, 1.54) is 16.7 Å². The van der Waals surface area contributed by atoms with E-state index >= 15 is 0 Å². The van der Waals surface area contributed by atoms with Crippen LogP contribution in [0.3, 0.4) is 0 Å². The lowest BCUT2D eigenvalue weighted by Crippen LogP contribution is -2.06. The lowest BCUT2D eigenvalue weighted by Gasteiger charge is -1.93. The number of aromatic nitrogens is 1. The third kappa shape index (κ3) is 1.20. The van der Waals surface area contributed by atoms with Crippen molar-refractivity contribution >= 4 is 27.2 Å². The maximum absolute atomic E-state index is 11.2. The van der Waals surface area contributed by atoms with Crippen molar-refractivity contribution < 1.29 is 4.92 Å². The highest BCUT2D eigenvalue weighted by molar-refractivity contribution is 7.16. The fourth-order valence-electron chi connectivity index (χ4n) is 1.23. The summed E-state index contributed by atoms with van der Waals surface area (Å²) in [5, 5.41) is 10.5. The Labute approximate surface area is 82.4 Å². The molecule has 0 saturated heterocycles. The maximum Gasteiger partial charge on any atom is 0.307 e. The number of nitro groups is 1. The number of rotatable bonds is 1. The Bertz CT molecular complexity index is 569. The van der Waals surface area contributed by atoms with Crippen molar-refractivity contribution in [2.75, 3.05) is 0 Å². The van der Waals surface area contributed by atoms with Crippen LogP contribution in [0.15, 0.2) is 23.0 Å². The molecule has 6 heteroatoms. The van der Waals surface area contributed by atoms with Crippen LogP contribution in [0.2, 0.25) is 0 Å². The molecule has 0 radical (unpaired) electrons. The summed E-state index contributed by atoms with van der Waals surface area (Å²) in [6.45, 7) is 0. The van der Waals surface area contributed by atoms with E-state index in [2.05, 4.69) is 0 Å². The molecule has 0 unspecified atom stereocenters. The number of non-ortho nitro benzene ring substituents is 1. The van der Waals surface area contributed by atoms with Crippen molar-refractivity contribution in [2.24, 2.45) is 7.05 Å². The van der Waals surface area contributed by atoms with Crippen LogP contribution in [-0.4, -0.2) is 9.49 Å². The zero-order valence-electron chi connectivity index (χ0n) is 7.26. The molecule has 0 spiro atoms. The van der Waals surface area contributed by atoms with Gasteiger partial charge in [0, 0.05) is 19.2 Å². The summed E-state index contributed by atoms with van der Waals surface area (Å²) >= 11 is 1.08. The molecule has 1 aromatic carbocycles. The van der Waals surface area contributed by atoms with Crippen LogP contribution < -0.4 is 4.87 Å². The quantitative estimate of drug-likeness (QED) is 0.529. The first-order chi connectivity index (χ1) is 6.59. The molecular formula is C8H6N2O3S. The smallest absolute Gasteiger partial charge is 0.301 e. The van der Waals surface area contributed by atoms with Gasteiger partial charge < -0.3 is 4.57 Å². The molecule has 0 amide bonds. The normalized spacial score (nSPS) is 10.6. The Hall–Kier alpha value is -1.69. The highest BCUT2D eigenvalue weighted by Crippen LogP contribution is 2.21. The van der Waals surface area contributed by atoms with Crippen molar-refractivity contribution in [2.45, 2.75) is 0 Å². The summed E-state index contributed by atoms with van der Waals surface area (Å²) in [4.78, 5) is 21.1. The van der Waals surface area contributed by atoms with Crippen molar-refractivity contribution in [1.82, 2.24) is 4.57 Å². The van der Waals surface area contributed by atoms with Crippen LogP contribution in [-0.2, 0) is 7.05 Å². The number of hydrogen-bond donors (Lipinski definition) is 0. The molecule has 1 heterocycles. The van der Waals surface area contributed by atoms with E-state index in [1.54, 1.807) is 13.1 Å². The molecule has 0 aliphatic carbocycles. The van der Waals surface area contributed by atoms with Gasteiger partial charge in [0.05, 0.1) is 15.1 Å². The summed E-state index contributed by atoms with van der Waals surface area (Å²) < 4.78 is 2.18. The fourth-order valence-corrected chi connectivity index (χ4v) is 2.09. The second-order valence-corrected chi connectivity index (χ2v) is 3.83. The number of hydrogen-bond acceptors (Lipinski definition) is 4. The SMILES string of the molecule is Cn1c(=O)sc2ccc([N+](=O)[O-])cc21. The van der Waals surface area contributed by atoms with Gasteiger partial charge in [0.25, 0.3) is 5.69 Å². The first kappa shape index (κ1) is 8.89. The predicted molar refractivity (Wildman–Crippen MR) is 53.7 cm³/mol. The van der Waals surface area contributed by atoms with Crippen LogP contribution in [0, 0.1) is 10.1 Å². The first-order valence-electron chi connectivity index (χ1n) is 3.83. The second-order valence-electron chi connectivity index (χ2n) is 2.84. The monoisotopic (exact) mass is 210 g/mol. The van der Waals surface area contributed by atoms with Gasteiger partial charge in [0.1, 0.15) is 0 Å². The van der Waals surface area contributed by atoms with E-state index in [0.717, 1.165) is 16.0 Å². The van der Waals surface area contributed by atoms with Gasteiger partial charge in [0.2, 0.25) is 0 Å². The average molecular weight is 210 g/mol. The topological polar surface area (TPSA) is 65.1 Å². The van der Waals surface area contributed by atoms with Gasteiger partial charge in [-0.2, -0.15) is 0 Å². The molecule has 0 saturated carbocycles. The second kappa shape index (κ2) is 2.91. The third-order valence-corrected chi connectivity index (χ3v) is 3.00. The molecule has 72 valence electrons. The molecule has 0 N–H and O–H groups in total. The third-order valence-electron chi connectivity index (χ3n) is 1.99. The molecule has 0 bridgehead atoms. The highest BCUT2D eigenvalue weighted by Gasteiger charge is 2.10. The van der Waals surface area contributed by atoms with Gasteiger partial charge in [0.15, 0.2) is 0 Å².